The number of rotatable bonds is 7. The highest BCUT2D eigenvalue weighted by molar-refractivity contribution is 6.07. The van der Waals surface area contributed by atoms with Gasteiger partial charge in [0.2, 0.25) is 0 Å². The number of carbonyl (C=O) groups excluding carboxylic acids is 2. The van der Waals surface area contributed by atoms with E-state index in [0.717, 1.165) is 11.3 Å². The number of hydrogen-bond acceptors (Lipinski definition) is 3. The van der Waals surface area contributed by atoms with Crippen molar-refractivity contribution in [2.75, 3.05) is 6.61 Å². The Morgan fingerprint density at radius 1 is 1.23 bits per heavy atom. The van der Waals surface area contributed by atoms with Gasteiger partial charge in [0.1, 0.15) is 11.5 Å². The molecule has 0 aliphatic rings. The second-order valence-electron chi connectivity index (χ2n) is 6.93. The SMILES string of the molecule is CC(C)COc1cccc(C=CC(=O)CC(=O)C(C)(C)C)c1. The Morgan fingerprint density at radius 2 is 1.91 bits per heavy atom. The minimum absolute atomic E-state index is 0.0452. The van der Waals surface area contributed by atoms with Crippen molar-refractivity contribution in [3.63, 3.8) is 0 Å². The van der Waals surface area contributed by atoms with Crippen molar-refractivity contribution in [3.8, 4) is 5.75 Å². The topological polar surface area (TPSA) is 43.4 Å². The summed E-state index contributed by atoms with van der Waals surface area (Å²) in [5.74, 6) is 1.03. The highest BCUT2D eigenvalue weighted by Gasteiger charge is 2.22. The molecule has 0 spiro atoms. The molecule has 0 saturated heterocycles. The molecule has 1 rings (SSSR count). The van der Waals surface area contributed by atoms with Crippen LogP contribution in [-0.2, 0) is 9.59 Å². The van der Waals surface area contributed by atoms with Crippen molar-refractivity contribution in [3.05, 3.63) is 35.9 Å². The lowest BCUT2D eigenvalue weighted by molar-refractivity contribution is -0.130. The Bertz CT molecular complexity index is 548. The van der Waals surface area contributed by atoms with Crippen LogP contribution in [0.1, 0.15) is 46.6 Å². The fraction of sp³-hybridized carbons (Fsp3) is 0.474. The van der Waals surface area contributed by atoms with Crippen LogP contribution >= 0.6 is 0 Å². The van der Waals surface area contributed by atoms with Gasteiger partial charge in [0.15, 0.2) is 5.78 Å². The molecular weight excluding hydrogens is 276 g/mol. The van der Waals surface area contributed by atoms with E-state index in [1.54, 1.807) is 6.08 Å². The van der Waals surface area contributed by atoms with Crippen molar-refractivity contribution >= 4 is 17.6 Å². The van der Waals surface area contributed by atoms with Crippen LogP contribution < -0.4 is 4.74 Å². The molecule has 0 N–H and O–H groups in total. The zero-order valence-corrected chi connectivity index (χ0v) is 14.2. The minimum Gasteiger partial charge on any atom is -0.493 e. The lowest BCUT2D eigenvalue weighted by Gasteiger charge is -2.14. The summed E-state index contributed by atoms with van der Waals surface area (Å²) in [6.45, 7) is 10.3. The molecule has 0 saturated carbocycles. The average molecular weight is 302 g/mol. The maximum absolute atomic E-state index is 11.8. The van der Waals surface area contributed by atoms with E-state index in [2.05, 4.69) is 13.8 Å². The molecule has 0 radical (unpaired) electrons. The number of allylic oxidation sites excluding steroid dienone is 1. The van der Waals surface area contributed by atoms with Crippen molar-refractivity contribution in [1.82, 2.24) is 0 Å². The van der Waals surface area contributed by atoms with E-state index in [1.807, 2.05) is 45.0 Å². The molecule has 0 aromatic heterocycles. The maximum atomic E-state index is 11.8. The predicted molar refractivity (Wildman–Crippen MR) is 89.9 cm³/mol. The molecule has 0 amide bonds. The van der Waals surface area contributed by atoms with Crippen LogP contribution in [0.4, 0.5) is 0 Å². The fourth-order valence-corrected chi connectivity index (χ4v) is 1.64. The van der Waals surface area contributed by atoms with Crippen LogP contribution in [0.5, 0.6) is 5.75 Å². The summed E-state index contributed by atoms with van der Waals surface area (Å²) in [6, 6.07) is 7.57. The molecule has 0 aliphatic heterocycles. The van der Waals surface area contributed by atoms with Gasteiger partial charge in [0.25, 0.3) is 0 Å². The van der Waals surface area contributed by atoms with Gasteiger partial charge in [0.05, 0.1) is 13.0 Å². The zero-order chi connectivity index (χ0) is 16.8. The van der Waals surface area contributed by atoms with Gasteiger partial charge in [-0.15, -0.1) is 0 Å². The summed E-state index contributed by atoms with van der Waals surface area (Å²) >= 11 is 0. The lowest BCUT2D eigenvalue weighted by atomic mass is 9.88. The van der Waals surface area contributed by atoms with Gasteiger partial charge < -0.3 is 4.74 Å². The summed E-state index contributed by atoms with van der Waals surface area (Å²) in [5, 5.41) is 0. The van der Waals surface area contributed by atoms with E-state index < -0.39 is 5.41 Å². The zero-order valence-electron chi connectivity index (χ0n) is 14.2. The standard InChI is InChI=1S/C19H26O3/c1-14(2)13-22-17-8-6-7-15(11-17)9-10-16(20)12-18(21)19(3,4)5/h6-11,14H,12-13H2,1-5H3. The summed E-state index contributed by atoms with van der Waals surface area (Å²) in [7, 11) is 0. The van der Waals surface area contributed by atoms with Gasteiger partial charge >= 0.3 is 0 Å². The maximum Gasteiger partial charge on any atom is 0.163 e. The number of ketones is 2. The van der Waals surface area contributed by atoms with Gasteiger partial charge in [-0.25, -0.2) is 0 Å². The molecule has 120 valence electrons. The summed E-state index contributed by atoms with van der Waals surface area (Å²) in [4.78, 5) is 23.6. The number of Topliss-reactive ketones (excluding diaryl/α,β-unsaturated/α-hetero) is 1. The number of benzene rings is 1. The first-order valence-electron chi connectivity index (χ1n) is 7.65. The smallest absolute Gasteiger partial charge is 0.163 e. The number of hydrogen-bond donors (Lipinski definition) is 0. The lowest BCUT2D eigenvalue weighted by Crippen LogP contribution is -2.22. The molecule has 0 heterocycles. The van der Waals surface area contributed by atoms with Crippen LogP contribution in [0, 0.1) is 11.3 Å². The van der Waals surface area contributed by atoms with Gasteiger partial charge in [-0.3, -0.25) is 9.59 Å². The van der Waals surface area contributed by atoms with Crippen LogP contribution in [-0.4, -0.2) is 18.2 Å². The largest absolute Gasteiger partial charge is 0.493 e. The van der Waals surface area contributed by atoms with Crippen molar-refractivity contribution < 1.29 is 14.3 Å². The Labute approximate surface area is 133 Å². The van der Waals surface area contributed by atoms with Crippen molar-refractivity contribution in [2.45, 2.75) is 41.0 Å². The first-order chi connectivity index (χ1) is 10.2. The third-order valence-electron chi connectivity index (χ3n) is 3.07. The first-order valence-corrected chi connectivity index (χ1v) is 7.65. The minimum atomic E-state index is -0.478. The molecule has 0 atom stereocenters. The van der Waals surface area contributed by atoms with Gasteiger partial charge in [0, 0.05) is 5.41 Å². The second kappa shape index (κ2) is 7.92. The van der Waals surface area contributed by atoms with E-state index in [4.69, 9.17) is 4.74 Å². The van der Waals surface area contributed by atoms with Crippen LogP contribution in [0.25, 0.3) is 6.08 Å². The van der Waals surface area contributed by atoms with Crippen LogP contribution in [0.3, 0.4) is 0 Å². The molecule has 1 aromatic carbocycles. The Kier molecular flexibility index (Phi) is 6.54. The predicted octanol–water partition coefficient (Wildman–Crippen LogP) is 4.31. The van der Waals surface area contributed by atoms with Gasteiger partial charge in [-0.2, -0.15) is 0 Å². The highest BCUT2D eigenvalue weighted by atomic mass is 16.5. The number of ether oxygens (including phenoxy) is 1. The highest BCUT2D eigenvalue weighted by Crippen LogP contribution is 2.18. The van der Waals surface area contributed by atoms with E-state index in [-0.39, 0.29) is 18.0 Å². The monoisotopic (exact) mass is 302 g/mol. The molecule has 0 fully saturated rings. The molecule has 0 unspecified atom stereocenters. The number of carbonyl (C=O) groups is 2. The van der Waals surface area contributed by atoms with E-state index in [1.165, 1.54) is 6.08 Å². The Balaban J connectivity index is 2.64. The van der Waals surface area contributed by atoms with Gasteiger partial charge in [-0.05, 0) is 29.7 Å². The second-order valence-corrected chi connectivity index (χ2v) is 6.93. The van der Waals surface area contributed by atoms with E-state index in [9.17, 15) is 9.59 Å². The van der Waals surface area contributed by atoms with Crippen LogP contribution in [0.2, 0.25) is 0 Å². The third kappa shape index (κ3) is 6.70. The molecule has 22 heavy (non-hydrogen) atoms. The third-order valence-corrected chi connectivity index (χ3v) is 3.07. The molecule has 0 bridgehead atoms. The molecular formula is C19H26O3. The molecule has 3 nitrogen and oxygen atoms in total. The summed E-state index contributed by atoms with van der Waals surface area (Å²) in [5.41, 5.74) is 0.409. The fourth-order valence-electron chi connectivity index (χ4n) is 1.64. The van der Waals surface area contributed by atoms with Gasteiger partial charge in [-0.1, -0.05) is 52.8 Å². The van der Waals surface area contributed by atoms with E-state index in [0.29, 0.717) is 12.5 Å². The normalized spacial score (nSPS) is 11.9. The first kappa shape index (κ1) is 18.1. The Morgan fingerprint density at radius 3 is 2.50 bits per heavy atom. The van der Waals surface area contributed by atoms with Crippen molar-refractivity contribution in [1.29, 1.82) is 0 Å². The quantitative estimate of drug-likeness (QED) is 0.557. The average Bonchev–Trinajstić information content (AvgIpc) is 2.42. The van der Waals surface area contributed by atoms with Crippen LogP contribution in [0.15, 0.2) is 30.3 Å². The molecule has 1 aromatic rings. The Hall–Kier alpha value is -1.90. The summed E-state index contributed by atoms with van der Waals surface area (Å²) in [6.07, 6.45) is 3.13. The van der Waals surface area contributed by atoms with Crippen molar-refractivity contribution in [2.24, 2.45) is 11.3 Å². The molecule has 3 heteroatoms. The van der Waals surface area contributed by atoms with E-state index >= 15 is 0 Å². The molecule has 0 aliphatic carbocycles. The summed E-state index contributed by atoms with van der Waals surface area (Å²) < 4.78 is 5.65.